The van der Waals surface area contributed by atoms with Crippen LogP contribution in [-0.2, 0) is 14.8 Å². The van der Waals surface area contributed by atoms with Gasteiger partial charge in [-0.1, -0.05) is 0 Å². The molecule has 2 aromatic carbocycles. The predicted molar refractivity (Wildman–Crippen MR) is 127 cm³/mol. The third-order valence-electron chi connectivity index (χ3n) is 5.32. The van der Waals surface area contributed by atoms with Gasteiger partial charge >= 0.3 is 0 Å². The zero-order valence-electron chi connectivity index (χ0n) is 18.7. The standard InChI is InChI=1S/C23H28N4O5S/c1-26(33(2,30)31)20-10-8-19(9-11-20)23(29)25-24-16-18-6-12-21(13-7-18)32-17-22(28)27-14-4-3-5-15-27/h6-13,16H,3-5,14-15,17H2,1-2H3,(H,25,29)/b24-16-. The average molecular weight is 473 g/mol. The summed E-state index contributed by atoms with van der Waals surface area (Å²) in [5, 5.41) is 3.95. The number of carbonyl (C=O) groups is 2. The van der Waals surface area contributed by atoms with E-state index in [0.717, 1.165) is 42.1 Å². The van der Waals surface area contributed by atoms with Gasteiger partial charge in [0.05, 0.1) is 18.2 Å². The number of ether oxygens (including phenoxy) is 1. The number of carbonyl (C=O) groups excluding carboxylic acids is 2. The Hall–Kier alpha value is -3.40. The van der Waals surface area contributed by atoms with Gasteiger partial charge in [-0.15, -0.1) is 0 Å². The molecular formula is C23H28N4O5S. The van der Waals surface area contributed by atoms with Crippen molar-refractivity contribution in [2.75, 3.05) is 37.3 Å². The summed E-state index contributed by atoms with van der Waals surface area (Å²) in [6, 6.07) is 13.2. The third-order valence-corrected chi connectivity index (χ3v) is 6.53. The highest BCUT2D eigenvalue weighted by molar-refractivity contribution is 7.92. The van der Waals surface area contributed by atoms with Gasteiger partial charge in [-0.25, -0.2) is 13.8 Å². The van der Waals surface area contributed by atoms with Gasteiger partial charge in [0.15, 0.2) is 6.61 Å². The first-order valence-corrected chi connectivity index (χ1v) is 12.5. The molecule has 10 heteroatoms. The Bertz CT molecular complexity index is 1090. The van der Waals surface area contributed by atoms with Crippen LogP contribution in [0.4, 0.5) is 5.69 Å². The maximum Gasteiger partial charge on any atom is 0.271 e. The van der Waals surface area contributed by atoms with Crippen molar-refractivity contribution >= 4 is 33.7 Å². The Morgan fingerprint density at radius 2 is 1.70 bits per heavy atom. The lowest BCUT2D eigenvalue weighted by Gasteiger charge is -2.26. The molecule has 1 aliphatic rings. The van der Waals surface area contributed by atoms with Crippen molar-refractivity contribution in [2.45, 2.75) is 19.3 Å². The van der Waals surface area contributed by atoms with Crippen LogP contribution >= 0.6 is 0 Å². The summed E-state index contributed by atoms with van der Waals surface area (Å²) in [4.78, 5) is 26.2. The van der Waals surface area contributed by atoms with Crippen LogP contribution in [0.1, 0.15) is 35.2 Å². The molecule has 1 N–H and O–H groups in total. The molecule has 33 heavy (non-hydrogen) atoms. The minimum Gasteiger partial charge on any atom is -0.484 e. The molecule has 0 spiro atoms. The molecule has 1 fully saturated rings. The van der Waals surface area contributed by atoms with Crippen LogP contribution in [0.2, 0.25) is 0 Å². The van der Waals surface area contributed by atoms with Crippen LogP contribution in [0.5, 0.6) is 5.75 Å². The normalized spacial score (nSPS) is 14.2. The molecule has 0 atom stereocenters. The predicted octanol–water partition coefficient (Wildman–Crippen LogP) is 2.24. The van der Waals surface area contributed by atoms with Gasteiger partial charge in [0.1, 0.15) is 5.75 Å². The highest BCUT2D eigenvalue weighted by Gasteiger charge is 2.16. The minimum atomic E-state index is -3.37. The fourth-order valence-corrected chi connectivity index (χ4v) is 3.78. The van der Waals surface area contributed by atoms with E-state index < -0.39 is 15.9 Å². The van der Waals surface area contributed by atoms with Crippen LogP contribution in [0, 0.1) is 0 Å². The van der Waals surface area contributed by atoms with Gasteiger partial charge in [0.25, 0.3) is 11.8 Å². The molecule has 0 unspecified atom stereocenters. The molecule has 9 nitrogen and oxygen atoms in total. The molecule has 2 amide bonds. The second kappa shape index (κ2) is 11.0. The van der Waals surface area contributed by atoms with E-state index in [2.05, 4.69) is 10.5 Å². The number of amides is 2. The van der Waals surface area contributed by atoms with Crippen LogP contribution in [0.25, 0.3) is 0 Å². The monoisotopic (exact) mass is 472 g/mol. The highest BCUT2D eigenvalue weighted by atomic mass is 32.2. The lowest BCUT2D eigenvalue weighted by molar-refractivity contribution is -0.134. The number of hydrazone groups is 1. The van der Waals surface area contributed by atoms with Crippen LogP contribution < -0.4 is 14.5 Å². The van der Waals surface area contributed by atoms with E-state index in [1.807, 2.05) is 4.90 Å². The fraction of sp³-hybridized carbons (Fsp3) is 0.348. The Morgan fingerprint density at radius 1 is 1.06 bits per heavy atom. The molecule has 0 aliphatic carbocycles. The van der Waals surface area contributed by atoms with E-state index in [9.17, 15) is 18.0 Å². The summed E-state index contributed by atoms with van der Waals surface area (Å²) in [7, 11) is -1.93. The van der Waals surface area contributed by atoms with Crippen molar-refractivity contribution < 1.29 is 22.7 Å². The molecule has 0 aromatic heterocycles. The summed E-state index contributed by atoms with van der Waals surface area (Å²) in [6.45, 7) is 1.61. The maximum absolute atomic E-state index is 12.2. The van der Waals surface area contributed by atoms with E-state index in [0.29, 0.717) is 17.0 Å². The number of hydrogen-bond donors (Lipinski definition) is 1. The topological polar surface area (TPSA) is 108 Å². The number of nitrogens with zero attached hydrogens (tertiary/aromatic N) is 3. The highest BCUT2D eigenvalue weighted by Crippen LogP contribution is 2.16. The first-order valence-electron chi connectivity index (χ1n) is 10.6. The van der Waals surface area contributed by atoms with E-state index in [-0.39, 0.29) is 12.5 Å². The average Bonchev–Trinajstić information content (AvgIpc) is 2.83. The number of benzene rings is 2. The molecule has 0 saturated carbocycles. The molecule has 0 bridgehead atoms. The van der Waals surface area contributed by atoms with Crippen molar-refractivity contribution in [3.8, 4) is 5.75 Å². The zero-order valence-corrected chi connectivity index (χ0v) is 19.5. The van der Waals surface area contributed by atoms with Crippen molar-refractivity contribution in [3.63, 3.8) is 0 Å². The maximum atomic E-state index is 12.2. The SMILES string of the molecule is CN(c1ccc(C(=O)N/N=C\c2ccc(OCC(=O)N3CCCCC3)cc2)cc1)S(C)(=O)=O. The Kier molecular flexibility index (Phi) is 8.05. The van der Waals surface area contributed by atoms with Crippen LogP contribution in [0.3, 0.4) is 0 Å². The van der Waals surface area contributed by atoms with E-state index in [1.54, 1.807) is 36.4 Å². The largest absolute Gasteiger partial charge is 0.484 e. The lowest BCUT2D eigenvalue weighted by atomic mass is 10.1. The van der Waals surface area contributed by atoms with Crippen molar-refractivity contribution in [2.24, 2.45) is 5.10 Å². The summed E-state index contributed by atoms with van der Waals surface area (Å²) < 4.78 is 29.9. The Labute approximate surface area is 194 Å². The summed E-state index contributed by atoms with van der Waals surface area (Å²) in [5.41, 5.74) is 3.98. The summed E-state index contributed by atoms with van der Waals surface area (Å²) in [6.07, 6.45) is 5.86. The minimum absolute atomic E-state index is 0.000882. The molecular weight excluding hydrogens is 444 g/mol. The van der Waals surface area contributed by atoms with Crippen LogP contribution in [-0.4, -0.2) is 64.3 Å². The van der Waals surface area contributed by atoms with E-state index in [4.69, 9.17) is 4.74 Å². The second-order valence-electron chi connectivity index (χ2n) is 7.78. The number of anilines is 1. The van der Waals surface area contributed by atoms with E-state index >= 15 is 0 Å². The molecule has 3 rings (SSSR count). The van der Waals surface area contributed by atoms with Gasteiger partial charge < -0.3 is 9.64 Å². The second-order valence-corrected chi connectivity index (χ2v) is 9.79. The zero-order chi connectivity index (χ0) is 23.8. The first-order chi connectivity index (χ1) is 15.7. The summed E-state index contributed by atoms with van der Waals surface area (Å²) in [5.74, 6) is 0.163. The first kappa shape index (κ1) is 24.2. The van der Waals surface area contributed by atoms with Gasteiger partial charge in [-0.3, -0.25) is 13.9 Å². The third kappa shape index (κ3) is 7.04. The van der Waals surface area contributed by atoms with Gasteiger partial charge in [-0.05, 0) is 73.4 Å². The number of hydrogen-bond acceptors (Lipinski definition) is 6. The van der Waals surface area contributed by atoms with Crippen molar-refractivity contribution in [1.29, 1.82) is 0 Å². The van der Waals surface area contributed by atoms with E-state index in [1.165, 1.54) is 31.8 Å². The number of likely N-dealkylation sites (tertiary alicyclic amines) is 1. The number of piperidine rings is 1. The number of rotatable bonds is 8. The van der Waals surface area contributed by atoms with Crippen LogP contribution in [0.15, 0.2) is 53.6 Å². The van der Waals surface area contributed by atoms with Gasteiger partial charge in [0, 0.05) is 25.7 Å². The lowest BCUT2D eigenvalue weighted by Crippen LogP contribution is -2.38. The van der Waals surface area contributed by atoms with Gasteiger partial charge in [-0.2, -0.15) is 5.10 Å². The molecule has 0 radical (unpaired) electrons. The molecule has 2 aromatic rings. The Morgan fingerprint density at radius 3 is 2.30 bits per heavy atom. The number of nitrogens with one attached hydrogen (secondary N) is 1. The number of sulfonamides is 1. The fourth-order valence-electron chi connectivity index (χ4n) is 3.27. The molecule has 176 valence electrons. The van der Waals surface area contributed by atoms with Crippen molar-refractivity contribution in [1.82, 2.24) is 10.3 Å². The molecule has 1 aliphatic heterocycles. The Balaban J connectivity index is 1.48. The molecule has 1 heterocycles. The summed E-state index contributed by atoms with van der Waals surface area (Å²) >= 11 is 0. The van der Waals surface area contributed by atoms with Gasteiger partial charge in [0.2, 0.25) is 10.0 Å². The smallest absolute Gasteiger partial charge is 0.271 e. The van der Waals surface area contributed by atoms with Crippen molar-refractivity contribution in [3.05, 3.63) is 59.7 Å². The quantitative estimate of drug-likeness (QED) is 0.468. The molecule has 1 saturated heterocycles.